The molecule has 0 radical (unpaired) electrons. The van der Waals surface area contributed by atoms with Crippen LogP contribution in [0.25, 0.3) is 0 Å². The lowest BCUT2D eigenvalue weighted by atomic mass is 10.1. The van der Waals surface area contributed by atoms with Gasteiger partial charge in [-0.25, -0.2) is 14.2 Å². The molecule has 13 nitrogen and oxygen atoms in total. The number of aliphatic hydroxyl groups excluding tert-OH is 2. The van der Waals surface area contributed by atoms with Crippen LogP contribution in [0.3, 0.4) is 0 Å². The van der Waals surface area contributed by atoms with E-state index in [0.717, 1.165) is 0 Å². The van der Waals surface area contributed by atoms with Crippen molar-refractivity contribution in [1.82, 2.24) is 10.2 Å². The Morgan fingerprint density at radius 1 is 1.33 bits per heavy atom. The van der Waals surface area contributed by atoms with Gasteiger partial charge in [-0.15, -0.1) is 0 Å². The summed E-state index contributed by atoms with van der Waals surface area (Å²) in [4.78, 5) is 52.2. The third-order valence-electron chi connectivity index (χ3n) is 3.50. The fourth-order valence-corrected chi connectivity index (χ4v) is 2.76. The van der Waals surface area contributed by atoms with E-state index >= 15 is 0 Å². The van der Waals surface area contributed by atoms with Gasteiger partial charge in [-0.2, -0.15) is 0 Å². The Bertz CT molecular complexity index is 591. The average Bonchev–Trinajstić information content (AvgIpc) is 2.71. The monoisotopic (exact) mass is 370 g/mol. The van der Waals surface area contributed by atoms with Gasteiger partial charge in [-0.3, -0.25) is 19.5 Å². The number of nitrogens with one attached hydrogen (secondary N) is 1. The van der Waals surface area contributed by atoms with Crippen molar-refractivity contribution in [2.24, 2.45) is 0 Å². The molecule has 0 saturated carbocycles. The van der Waals surface area contributed by atoms with Gasteiger partial charge in [0.25, 0.3) is 0 Å². The summed E-state index contributed by atoms with van der Waals surface area (Å²) < 4.78 is 20.0. The van der Waals surface area contributed by atoms with Gasteiger partial charge in [0.05, 0.1) is 13.0 Å². The SMILES string of the molecule is O=C1CC(C(=O)O)N(C2OC(COP(=O)(O)O)C(O)C2O)C(=O)N1. The zero-order chi connectivity index (χ0) is 18.2. The van der Waals surface area contributed by atoms with Crippen LogP contribution in [0.4, 0.5) is 4.79 Å². The summed E-state index contributed by atoms with van der Waals surface area (Å²) in [6, 6.07) is -2.79. The van der Waals surface area contributed by atoms with Gasteiger partial charge in [-0.05, 0) is 0 Å². The molecule has 136 valence electrons. The molecule has 0 bridgehead atoms. The first kappa shape index (κ1) is 18.7. The lowest BCUT2D eigenvalue weighted by Crippen LogP contribution is -2.63. The number of carboxylic acids is 1. The highest BCUT2D eigenvalue weighted by Crippen LogP contribution is 2.37. The molecule has 2 fully saturated rings. The average molecular weight is 370 g/mol. The molecule has 5 atom stereocenters. The molecule has 2 aliphatic heterocycles. The topological polar surface area (TPSA) is 203 Å². The highest BCUT2D eigenvalue weighted by atomic mass is 31.2. The Kier molecular flexibility index (Phi) is 5.25. The smallest absolute Gasteiger partial charge is 0.469 e. The molecule has 6 N–H and O–H groups in total. The highest BCUT2D eigenvalue weighted by molar-refractivity contribution is 7.46. The van der Waals surface area contributed by atoms with Crippen molar-refractivity contribution in [2.75, 3.05) is 6.61 Å². The molecular formula is C10H15N2O11P. The lowest BCUT2D eigenvalue weighted by molar-refractivity contribution is -0.155. The van der Waals surface area contributed by atoms with Crippen molar-refractivity contribution in [3.8, 4) is 0 Å². The van der Waals surface area contributed by atoms with Gasteiger partial charge in [-0.1, -0.05) is 0 Å². The van der Waals surface area contributed by atoms with Gasteiger partial charge >= 0.3 is 19.8 Å². The van der Waals surface area contributed by atoms with E-state index in [1.807, 2.05) is 5.32 Å². The van der Waals surface area contributed by atoms with Crippen LogP contribution >= 0.6 is 7.82 Å². The van der Waals surface area contributed by atoms with E-state index in [0.29, 0.717) is 4.90 Å². The third kappa shape index (κ3) is 3.89. The number of nitrogens with zero attached hydrogens (tertiary/aromatic N) is 1. The Morgan fingerprint density at radius 2 is 1.96 bits per heavy atom. The molecule has 0 spiro atoms. The number of carboxylic acid groups (broad SMARTS) is 1. The first-order valence-electron chi connectivity index (χ1n) is 6.58. The predicted molar refractivity (Wildman–Crippen MR) is 70.1 cm³/mol. The van der Waals surface area contributed by atoms with Crippen LogP contribution < -0.4 is 5.32 Å². The number of hydrogen-bond donors (Lipinski definition) is 6. The minimum atomic E-state index is -4.87. The normalized spacial score (nSPS) is 34.3. The Labute approximate surface area is 134 Å². The number of carbonyl (C=O) groups is 3. The largest absolute Gasteiger partial charge is 0.480 e. The second-order valence-electron chi connectivity index (χ2n) is 5.15. The molecule has 2 heterocycles. The molecule has 0 aliphatic carbocycles. The molecule has 2 saturated heterocycles. The Hall–Kier alpha value is -1.60. The van der Waals surface area contributed by atoms with E-state index in [-0.39, 0.29) is 0 Å². The highest BCUT2D eigenvalue weighted by Gasteiger charge is 2.52. The van der Waals surface area contributed by atoms with Crippen molar-refractivity contribution in [3.63, 3.8) is 0 Å². The van der Waals surface area contributed by atoms with Crippen molar-refractivity contribution in [1.29, 1.82) is 0 Å². The number of aliphatic carboxylic acids is 1. The van der Waals surface area contributed by atoms with Crippen LogP contribution in [0.1, 0.15) is 6.42 Å². The van der Waals surface area contributed by atoms with E-state index < -0.39 is 69.3 Å². The van der Waals surface area contributed by atoms with Gasteiger partial charge in [0.1, 0.15) is 24.4 Å². The summed E-state index contributed by atoms with van der Waals surface area (Å²) in [5.74, 6) is -2.36. The molecule has 14 heteroatoms. The van der Waals surface area contributed by atoms with Gasteiger partial charge in [0.15, 0.2) is 6.23 Å². The summed E-state index contributed by atoms with van der Waals surface area (Å²) in [6.07, 6.45) is -7.16. The van der Waals surface area contributed by atoms with Crippen LogP contribution in [0, 0.1) is 0 Å². The van der Waals surface area contributed by atoms with Gasteiger partial charge < -0.3 is 29.8 Å². The van der Waals surface area contributed by atoms with E-state index in [1.54, 1.807) is 0 Å². The fourth-order valence-electron chi connectivity index (χ4n) is 2.42. The molecule has 2 rings (SSSR count). The number of carbonyl (C=O) groups excluding carboxylic acids is 2. The first-order valence-corrected chi connectivity index (χ1v) is 8.11. The first-order chi connectivity index (χ1) is 11.0. The molecule has 3 amide bonds. The number of ether oxygens (including phenoxy) is 1. The summed E-state index contributed by atoms with van der Waals surface area (Å²) in [5.41, 5.74) is 0. The summed E-state index contributed by atoms with van der Waals surface area (Å²) >= 11 is 0. The maximum absolute atomic E-state index is 11.9. The Balaban J connectivity index is 2.17. The maximum atomic E-state index is 11.9. The van der Waals surface area contributed by atoms with E-state index in [1.165, 1.54) is 0 Å². The van der Waals surface area contributed by atoms with Crippen LogP contribution in [0.2, 0.25) is 0 Å². The number of aliphatic hydroxyl groups is 2. The maximum Gasteiger partial charge on any atom is 0.469 e. The number of amides is 3. The molecule has 24 heavy (non-hydrogen) atoms. The van der Waals surface area contributed by atoms with Gasteiger partial charge in [0.2, 0.25) is 5.91 Å². The lowest BCUT2D eigenvalue weighted by Gasteiger charge is -2.37. The molecular weight excluding hydrogens is 355 g/mol. The standard InChI is InChI=1S/C10H15N2O11P/c13-5-1-3(9(16)17)12(10(18)11-5)8-7(15)6(14)4(23-8)2-22-24(19,20)21/h3-4,6-8,14-15H,1-2H2,(H,16,17)(H,11,13,18)(H2,19,20,21). The van der Waals surface area contributed by atoms with Crippen molar-refractivity contribution < 1.29 is 53.3 Å². The number of urea groups is 1. The molecule has 0 aromatic rings. The molecule has 0 aromatic heterocycles. The quantitative estimate of drug-likeness (QED) is 0.268. The Morgan fingerprint density at radius 3 is 2.50 bits per heavy atom. The summed E-state index contributed by atoms with van der Waals surface area (Å²) in [6.45, 7) is -0.814. The number of rotatable bonds is 5. The van der Waals surface area contributed by atoms with E-state index in [4.69, 9.17) is 19.6 Å². The number of phosphoric ester groups is 1. The molecule has 0 aromatic carbocycles. The minimum absolute atomic E-state index is 0.537. The van der Waals surface area contributed by atoms with Gasteiger partial charge in [0, 0.05) is 0 Å². The van der Waals surface area contributed by atoms with Crippen molar-refractivity contribution in [2.45, 2.75) is 37.0 Å². The summed E-state index contributed by atoms with van der Waals surface area (Å²) in [7, 11) is -4.87. The van der Waals surface area contributed by atoms with Crippen LogP contribution in [0.15, 0.2) is 0 Å². The van der Waals surface area contributed by atoms with E-state index in [2.05, 4.69) is 4.52 Å². The number of imide groups is 1. The fraction of sp³-hybridized carbons (Fsp3) is 0.700. The minimum Gasteiger partial charge on any atom is -0.480 e. The predicted octanol–water partition coefficient (Wildman–Crippen LogP) is -3.06. The van der Waals surface area contributed by atoms with Crippen molar-refractivity contribution in [3.05, 3.63) is 0 Å². The molecule has 2 aliphatic rings. The molecule has 5 unspecified atom stereocenters. The van der Waals surface area contributed by atoms with Crippen LogP contribution in [-0.4, -0.2) is 85.1 Å². The number of phosphoric acid groups is 1. The van der Waals surface area contributed by atoms with Crippen LogP contribution in [0.5, 0.6) is 0 Å². The van der Waals surface area contributed by atoms with E-state index in [9.17, 15) is 29.2 Å². The number of hydrogen-bond acceptors (Lipinski definition) is 8. The zero-order valence-corrected chi connectivity index (χ0v) is 12.8. The second-order valence-corrected chi connectivity index (χ2v) is 6.39. The zero-order valence-electron chi connectivity index (χ0n) is 11.9. The van der Waals surface area contributed by atoms with Crippen molar-refractivity contribution >= 4 is 25.7 Å². The third-order valence-corrected chi connectivity index (χ3v) is 3.98. The van der Waals surface area contributed by atoms with Crippen LogP contribution in [-0.2, 0) is 23.4 Å². The summed E-state index contributed by atoms with van der Waals surface area (Å²) in [5, 5.41) is 30.8. The second kappa shape index (κ2) is 6.72.